The van der Waals surface area contributed by atoms with Gasteiger partial charge in [0.05, 0.1) is 97.8 Å². The Balaban J connectivity index is 1.04. The number of nitrogens with two attached hydrogens (primary N) is 1. The predicted molar refractivity (Wildman–Crippen MR) is 349 cm³/mol. The van der Waals surface area contributed by atoms with Gasteiger partial charge >= 0.3 is 5.97 Å². The second-order valence-electron chi connectivity index (χ2n) is 23.1. The molecule has 2 aromatic rings. The molecule has 6 aliphatic rings. The molecule has 4 fully saturated rings. The number of aromatic nitrogens is 1. The summed E-state index contributed by atoms with van der Waals surface area (Å²) in [6.07, 6.45) is -11.8. The van der Waals surface area contributed by atoms with E-state index in [9.17, 15) is 39.9 Å². The lowest BCUT2D eigenvalue weighted by molar-refractivity contribution is -0.336. The predicted octanol–water partition coefficient (Wildman–Crippen LogP) is 4.08. The number of nitrogen functional groups attached to an aromatic ring is 1. The zero-order chi connectivity index (χ0) is 66.9. The van der Waals surface area contributed by atoms with Crippen molar-refractivity contribution in [1.82, 2.24) is 15.8 Å². The van der Waals surface area contributed by atoms with Crippen molar-refractivity contribution in [1.29, 1.82) is 0 Å². The van der Waals surface area contributed by atoms with Crippen molar-refractivity contribution in [2.75, 3.05) is 60.2 Å². The van der Waals surface area contributed by atoms with Crippen LogP contribution in [0.2, 0.25) is 0 Å². The number of allylic oxidation sites excluding steroid dienone is 2. The van der Waals surface area contributed by atoms with E-state index in [0.29, 0.717) is 21.5 Å². The van der Waals surface area contributed by atoms with E-state index in [0.717, 1.165) is 17.3 Å². The molecule has 5 heterocycles. The minimum Gasteiger partial charge on any atom is -0.492 e. The quantitative estimate of drug-likeness (QED) is 0.0183. The van der Waals surface area contributed by atoms with Gasteiger partial charge in [-0.2, -0.15) is 5.48 Å². The second-order valence-corrected chi connectivity index (χ2v) is 28.3. The number of benzene rings is 1. The Morgan fingerprint density at radius 2 is 1.64 bits per heavy atom. The largest absolute Gasteiger partial charge is 0.492 e. The smallest absolute Gasteiger partial charge is 0.310 e. The number of aliphatic hydroxyl groups excluding tert-OH is 4. The number of hydroxylamine groups is 1. The maximum absolute atomic E-state index is 14.5. The van der Waals surface area contributed by atoms with Crippen molar-refractivity contribution in [2.24, 2.45) is 0 Å². The van der Waals surface area contributed by atoms with Gasteiger partial charge in [0.1, 0.15) is 42.4 Å². The molecular weight excluding hydrogens is 1370 g/mol. The van der Waals surface area contributed by atoms with Crippen molar-refractivity contribution in [3.05, 3.63) is 73.5 Å². The number of halogens is 1. The molecule has 4 saturated heterocycles. The van der Waals surface area contributed by atoms with Crippen LogP contribution in [0, 0.1) is 34.2 Å². The van der Waals surface area contributed by atoms with Crippen LogP contribution in [0.5, 0.6) is 17.2 Å². The molecule has 92 heavy (non-hydrogen) atoms. The molecule has 19 atom stereocenters. The van der Waals surface area contributed by atoms with Gasteiger partial charge in [-0.1, -0.05) is 76.1 Å². The lowest BCUT2D eigenvalue weighted by Gasteiger charge is -2.46. The Morgan fingerprint density at radius 1 is 0.913 bits per heavy atom. The maximum Gasteiger partial charge on any atom is 0.310 e. The first-order valence-electron chi connectivity index (χ1n) is 29.9. The van der Waals surface area contributed by atoms with E-state index in [2.05, 4.69) is 39.5 Å². The maximum atomic E-state index is 14.5. The molecule has 25 nitrogen and oxygen atoms in total. The molecule has 2 aliphatic carbocycles. The first kappa shape index (κ1) is 73.7. The van der Waals surface area contributed by atoms with Crippen molar-refractivity contribution in [3.8, 4) is 40.9 Å². The van der Waals surface area contributed by atoms with Crippen LogP contribution in [0.15, 0.2) is 53.3 Å². The fraction of sp³-hybridized carbons (Fsp3) is 0.619. The second kappa shape index (κ2) is 32.7. The topological polar surface area (TPSA) is 335 Å². The Morgan fingerprint density at radius 3 is 2.32 bits per heavy atom. The van der Waals surface area contributed by atoms with Gasteiger partial charge in [-0.15, -0.1) is 0 Å². The molecule has 1 aromatic heterocycles. The fourth-order valence-electron chi connectivity index (χ4n) is 11.8. The SMILES string of the molecule is CCN[C@H]1CO[C@@H](O[C@H]2[C@H](O[C@H]3C#C/C=C\C#C[C@]4(O)CC(=O)C(CC(=O)OC)=C3/C4=C\CSSC(C)(C)c3cccnc3N)O[C@H](C)[C@@H](NO[C@H]3C[C@H](O)[C@H](SC(=O)c4c(C)c(I)c(O[C@@H]5O[C@@H](C)[C@H](O)[C@@H](OC)[C@H]5O)c(OC)c4OC)[C@@H](C)O3)[C@@H]2O)C[C@@H]1OC. The average molecular weight is 1460 g/mol. The summed E-state index contributed by atoms with van der Waals surface area (Å²) in [6, 6.07) is 2.42. The normalized spacial score (nSPS) is 34.0. The summed E-state index contributed by atoms with van der Waals surface area (Å²) < 4.78 is 72.7. The minimum atomic E-state index is -2.09. The lowest BCUT2D eigenvalue weighted by Crippen LogP contribution is -2.65. The number of Topliss-reactive ketones (excluding diaryl/α,β-unsaturated/α-hetero) is 1. The lowest BCUT2D eigenvalue weighted by atomic mass is 9.72. The standard InChI is InChI=1S/C63H83IN4O21S3/c1-13-66-37-29-82-43(27-41(37)77-8)87-55-50(73)48(68-89-44-26-38(69)57(33(5)83-44)91-59(75)45-30(2)47(64)53(56(81-12)52(45)79-10)88-60-51(74)54(80-11)49(72)32(4)85-60)31(3)84-61(55)86-40-20-16-14-15-17-22-63(76)28-39(70)34(25-42(71)78-9)46(40)35(63)21-24-90-92-62(6,7)36-19-18-23-67-58(36)65/h14-15,18-19,21,23,31-33,37-38,40-41,43-44,48-51,54-55,57,60-61,66,68-69,72-74,76H,13,24-29H2,1-12H3,(H2,65,67)/b15-14-,35-21+/t31-,32+,33-,37+,38+,40+,41+,43+,44+,48-,49+,50+,51-,54-,55-,57-,60+,61+,63+/m1/s1. The molecule has 2 bridgehead atoms. The Labute approximate surface area is 561 Å². The highest BCUT2D eigenvalue weighted by Crippen LogP contribution is 2.50. The zero-order valence-corrected chi connectivity index (χ0v) is 57.8. The number of fused-ring (bicyclic) bond motifs is 2. The first-order valence-corrected chi connectivity index (χ1v) is 34.2. The molecule has 9 N–H and O–H groups in total. The summed E-state index contributed by atoms with van der Waals surface area (Å²) in [5, 5.41) is 60.8. The number of hydrogen-bond donors (Lipinski definition) is 8. The summed E-state index contributed by atoms with van der Waals surface area (Å²) in [5.41, 5.74) is 8.67. The fourth-order valence-corrected chi connectivity index (χ4v) is 16.0. The van der Waals surface area contributed by atoms with Gasteiger partial charge in [-0.25, -0.2) is 4.98 Å². The number of nitrogens with zero attached hydrogens (tertiary/aromatic N) is 1. The van der Waals surface area contributed by atoms with Crippen LogP contribution < -0.4 is 30.7 Å². The highest BCUT2D eigenvalue weighted by atomic mass is 127. The molecule has 0 saturated carbocycles. The number of thioether (sulfide) groups is 1. The number of ketones is 1. The van der Waals surface area contributed by atoms with Gasteiger partial charge in [0.2, 0.25) is 17.2 Å². The molecule has 29 heteroatoms. The van der Waals surface area contributed by atoms with E-state index in [1.807, 2.05) is 55.5 Å². The molecule has 506 valence electrons. The third-order valence-corrected chi connectivity index (χ3v) is 22.4. The van der Waals surface area contributed by atoms with E-state index < -0.39 is 138 Å². The number of methoxy groups -OCH3 is 5. The number of nitrogens with one attached hydrogen (secondary N) is 2. The van der Waals surface area contributed by atoms with Gasteiger partial charge in [-0.3, -0.25) is 19.2 Å². The van der Waals surface area contributed by atoms with Crippen LogP contribution in [-0.4, -0.2) is 217 Å². The number of hydrogen-bond acceptors (Lipinski definition) is 28. The van der Waals surface area contributed by atoms with Crippen molar-refractivity contribution < 1.29 is 102 Å². The van der Waals surface area contributed by atoms with Gasteiger partial charge in [0, 0.05) is 66.0 Å². The van der Waals surface area contributed by atoms with Crippen molar-refractivity contribution in [2.45, 2.75) is 194 Å². The van der Waals surface area contributed by atoms with Crippen LogP contribution in [0.4, 0.5) is 5.82 Å². The zero-order valence-electron chi connectivity index (χ0n) is 53.2. The van der Waals surface area contributed by atoms with E-state index in [-0.39, 0.29) is 76.9 Å². The number of aliphatic hydroxyl groups is 5. The molecule has 0 amide bonds. The molecule has 8 rings (SSSR count). The van der Waals surface area contributed by atoms with E-state index in [1.54, 1.807) is 47.1 Å². The number of carbonyl (C=O) groups is 3. The third kappa shape index (κ3) is 16.6. The van der Waals surface area contributed by atoms with Crippen molar-refractivity contribution >= 4 is 78.6 Å². The Bertz CT molecular complexity index is 3180. The molecule has 0 radical (unpaired) electrons. The highest BCUT2D eigenvalue weighted by molar-refractivity contribution is 14.1. The number of pyridine rings is 1. The average Bonchev–Trinajstić information content (AvgIpc) is 0.763. The van der Waals surface area contributed by atoms with E-state index >= 15 is 0 Å². The summed E-state index contributed by atoms with van der Waals surface area (Å²) in [6.45, 7) is 13.4. The number of ether oxygens (including phenoxy) is 12. The highest BCUT2D eigenvalue weighted by Gasteiger charge is 2.52. The Hall–Kier alpha value is -4.14. The van der Waals surface area contributed by atoms with Crippen LogP contribution >= 0.6 is 55.9 Å². The molecule has 4 aliphatic heterocycles. The minimum absolute atomic E-state index is 0.0230. The van der Waals surface area contributed by atoms with Crippen LogP contribution in [-0.2, 0) is 61.8 Å². The number of anilines is 1. The van der Waals surface area contributed by atoms with Gasteiger partial charge < -0.3 is 93.4 Å². The Kier molecular flexibility index (Phi) is 26.2. The monoisotopic (exact) mass is 1450 g/mol. The third-order valence-electron chi connectivity index (χ3n) is 16.7. The molecule has 0 spiro atoms. The van der Waals surface area contributed by atoms with Crippen LogP contribution in [0.3, 0.4) is 0 Å². The summed E-state index contributed by atoms with van der Waals surface area (Å²) >= 11 is 2.83. The molecule has 1 aromatic carbocycles. The molecule has 0 unspecified atom stereocenters. The number of carbonyl (C=O) groups excluding carboxylic acids is 3. The number of rotatable bonds is 24. The van der Waals surface area contributed by atoms with Crippen molar-refractivity contribution in [3.63, 3.8) is 0 Å². The summed E-state index contributed by atoms with van der Waals surface area (Å²) in [4.78, 5) is 52.6. The van der Waals surface area contributed by atoms with E-state index in [1.165, 1.54) is 62.2 Å². The van der Waals surface area contributed by atoms with Gasteiger partial charge in [0.25, 0.3) is 0 Å². The van der Waals surface area contributed by atoms with Crippen LogP contribution in [0.25, 0.3) is 0 Å². The molecular formula is C63H83IN4O21S3. The van der Waals surface area contributed by atoms with Gasteiger partial charge in [-0.05, 0) is 94.5 Å². The van der Waals surface area contributed by atoms with Crippen LogP contribution in [0.1, 0.15) is 88.7 Å². The number of esters is 1. The van der Waals surface area contributed by atoms with E-state index in [4.69, 9.17) is 67.4 Å². The first-order chi connectivity index (χ1) is 43.8. The summed E-state index contributed by atoms with van der Waals surface area (Å²) in [5.74, 6) is 11.2. The van der Waals surface area contributed by atoms with Gasteiger partial charge in [0.15, 0.2) is 41.8 Å². The summed E-state index contributed by atoms with van der Waals surface area (Å²) in [7, 11) is 9.80. The number of likely N-dealkylation sites (N-methyl/N-ethyl adjacent to an activating group) is 1.